The highest BCUT2D eigenvalue weighted by Crippen LogP contribution is 2.28. The number of carbonyl (C=O) groups excluding carboxylic acids is 1. The lowest BCUT2D eigenvalue weighted by molar-refractivity contribution is -0.120. The second kappa shape index (κ2) is 8.24. The molecule has 4 heteroatoms. The summed E-state index contributed by atoms with van der Waals surface area (Å²) in [4.78, 5) is 12.1. The summed E-state index contributed by atoms with van der Waals surface area (Å²) in [5.41, 5.74) is 1.82. The average molecular weight is 316 g/mol. The van der Waals surface area contributed by atoms with Crippen molar-refractivity contribution in [3.63, 3.8) is 0 Å². The predicted molar refractivity (Wildman–Crippen MR) is 91.4 cm³/mol. The third-order valence-electron chi connectivity index (χ3n) is 4.46. The molecule has 1 aliphatic rings. The molecule has 1 aromatic carbocycles. The fraction of sp³-hybridized carbons (Fsp3) is 0.556. The Balaban J connectivity index is 1.74. The molecule has 2 rings (SSSR count). The SMILES string of the molecule is C[C@H]1CCC[C@H](C)C1NC(=O)CSCc1ccc(C#N)cc1. The van der Waals surface area contributed by atoms with Crippen LogP contribution in [-0.2, 0) is 10.5 Å². The molecule has 1 fully saturated rings. The van der Waals surface area contributed by atoms with E-state index < -0.39 is 0 Å². The van der Waals surface area contributed by atoms with E-state index in [4.69, 9.17) is 5.26 Å². The number of thioether (sulfide) groups is 1. The van der Waals surface area contributed by atoms with E-state index >= 15 is 0 Å². The molecular weight excluding hydrogens is 292 g/mol. The number of hydrogen-bond acceptors (Lipinski definition) is 3. The molecule has 2 atom stereocenters. The maximum Gasteiger partial charge on any atom is 0.230 e. The van der Waals surface area contributed by atoms with Gasteiger partial charge in [0.15, 0.2) is 0 Å². The smallest absolute Gasteiger partial charge is 0.230 e. The zero-order chi connectivity index (χ0) is 15.9. The first-order valence-electron chi connectivity index (χ1n) is 7.96. The molecule has 1 saturated carbocycles. The first-order chi connectivity index (χ1) is 10.6. The van der Waals surface area contributed by atoms with Gasteiger partial charge in [-0.1, -0.05) is 32.4 Å². The second-order valence-electron chi connectivity index (χ2n) is 6.28. The van der Waals surface area contributed by atoms with Crippen LogP contribution in [0.5, 0.6) is 0 Å². The summed E-state index contributed by atoms with van der Waals surface area (Å²) in [6.07, 6.45) is 3.71. The largest absolute Gasteiger partial charge is 0.352 e. The standard InChI is InChI=1S/C18H24N2OS/c1-13-4-3-5-14(2)18(13)20-17(21)12-22-11-16-8-6-15(10-19)7-9-16/h6-9,13-14,18H,3-5,11-12H2,1-2H3,(H,20,21)/t13-,14-/m0/s1. The highest BCUT2D eigenvalue weighted by Gasteiger charge is 2.28. The van der Waals surface area contributed by atoms with Crippen molar-refractivity contribution in [1.82, 2.24) is 5.32 Å². The van der Waals surface area contributed by atoms with Gasteiger partial charge >= 0.3 is 0 Å². The topological polar surface area (TPSA) is 52.9 Å². The summed E-state index contributed by atoms with van der Waals surface area (Å²) in [5.74, 6) is 2.60. The van der Waals surface area contributed by atoms with Crippen molar-refractivity contribution < 1.29 is 4.79 Å². The molecule has 0 aliphatic heterocycles. The number of nitrogens with zero attached hydrogens (tertiary/aromatic N) is 1. The summed E-state index contributed by atoms with van der Waals surface area (Å²) >= 11 is 1.62. The third-order valence-corrected chi connectivity index (χ3v) is 5.46. The summed E-state index contributed by atoms with van der Waals surface area (Å²) in [5, 5.41) is 12.0. The van der Waals surface area contributed by atoms with Crippen LogP contribution < -0.4 is 5.32 Å². The molecular formula is C18H24N2OS. The van der Waals surface area contributed by atoms with Gasteiger partial charge in [-0.15, -0.1) is 11.8 Å². The molecule has 3 nitrogen and oxygen atoms in total. The highest BCUT2D eigenvalue weighted by atomic mass is 32.2. The lowest BCUT2D eigenvalue weighted by Crippen LogP contribution is -2.46. The number of hydrogen-bond donors (Lipinski definition) is 1. The molecule has 1 N–H and O–H groups in total. The molecule has 1 aromatic rings. The van der Waals surface area contributed by atoms with E-state index in [-0.39, 0.29) is 5.91 Å². The van der Waals surface area contributed by atoms with E-state index in [9.17, 15) is 4.79 Å². The van der Waals surface area contributed by atoms with Crippen LogP contribution in [0.25, 0.3) is 0 Å². The van der Waals surface area contributed by atoms with Gasteiger partial charge in [0.2, 0.25) is 5.91 Å². The Morgan fingerprint density at radius 1 is 1.27 bits per heavy atom. The Hall–Kier alpha value is -1.47. The molecule has 0 heterocycles. The number of amides is 1. The van der Waals surface area contributed by atoms with Crippen LogP contribution in [0.15, 0.2) is 24.3 Å². The number of nitriles is 1. The molecule has 0 radical (unpaired) electrons. The van der Waals surface area contributed by atoms with Crippen LogP contribution in [0.1, 0.15) is 44.2 Å². The molecule has 1 amide bonds. The molecule has 0 unspecified atom stereocenters. The Morgan fingerprint density at radius 2 is 1.91 bits per heavy atom. The summed E-state index contributed by atoms with van der Waals surface area (Å²) in [6, 6.07) is 9.99. The average Bonchev–Trinajstić information content (AvgIpc) is 2.52. The minimum Gasteiger partial charge on any atom is -0.352 e. The molecule has 22 heavy (non-hydrogen) atoms. The zero-order valence-electron chi connectivity index (χ0n) is 13.3. The van der Waals surface area contributed by atoms with Crippen molar-refractivity contribution in [2.45, 2.75) is 44.9 Å². The first kappa shape index (κ1) is 16.9. The van der Waals surface area contributed by atoms with Gasteiger partial charge < -0.3 is 5.32 Å². The van der Waals surface area contributed by atoms with Crippen LogP contribution in [0, 0.1) is 23.2 Å². The third kappa shape index (κ3) is 4.78. The molecule has 0 bridgehead atoms. The quantitative estimate of drug-likeness (QED) is 0.900. The van der Waals surface area contributed by atoms with E-state index in [0.717, 1.165) is 11.3 Å². The fourth-order valence-electron chi connectivity index (χ4n) is 3.13. The van der Waals surface area contributed by atoms with Crippen molar-refractivity contribution in [2.24, 2.45) is 11.8 Å². The van der Waals surface area contributed by atoms with Crippen molar-refractivity contribution >= 4 is 17.7 Å². The molecule has 118 valence electrons. The summed E-state index contributed by atoms with van der Waals surface area (Å²) < 4.78 is 0. The van der Waals surface area contributed by atoms with Gasteiger partial charge in [0.25, 0.3) is 0 Å². The van der Waals surface area contributed by atoms with Crippen LogP contribution in [0.2, 0.25) is 0 Å². The summed E-state index contributed by atoms with van der Waals surface area (Å²) in [6.45, 7) is 4.48. The van der Waals surface area contributed by atoms with Crippen molar-refractivity contribution in [3.8, 4) is 6.07 Å². The number of rotatable bonds is 5. The lowest BCUT2D eigenvalue weighted by atomic mass is 9.79. The predicted octanol–water partition coefficient (Wildman–Crippen LogP) is 3.73. The van der Waals surface area contributed by atoms with Crippen LogP contribution in [0.3, 0.4) is 0 Å². The van der Waals surface area contributed by atoms with Gasteiger partial charge in [-0.05, 0) is 42.4 Å². The zero-order valence-corrected chi connectivity index (χ0v) is 14.2. The maximum atomic E-state index is 12.1. The Bertz CT molecular complexity index is 525. The molecule has 0 saturated heterocycles. The highest BCUT2D eigenvalue weighted by molar-refractivity contribution is 7.99. The van der Waals surface area contributed by atoms with Crippen LogP contribution in [-0.4, -0.2) is 17.7 Å². The monoisotopic (exact) mass is 316 g/mol. The Kier molecular flexibility index (Phi) is 6.33. The number of carbonyl (C=O) groups is 1. The second-order valence-corrected chi connectivity index (χ2v) is 7.27. The minimum atomic E-state index is 0.143. The first-order valence-corrected chi connectivity index (χ1v) is 9.11. The van der Waals surface area contributed by atoms with Crippen LogP contribution in [0.4, 0.5) is 0 Å². The van der Waals surface area contributed by atoms with Gasteiger partial charge in [-0.2, -0.15) is 5.26 Å². The number of benzene rings is 1. The van der Waals surface area contributed by atoms with Crippen molar-refractivity contribution in [1.29, 1.82) is 5.26 Å². The minimum absolute atomic E-state index is 0.143. The van der Waals surface area contributed by atoms with Crippen molar-refractivity contribution in [3.05, 3.63) is 35.4 Å². The van der Waals surface area contributed by atoms with Gasteiger partial charge in [-0.25, -0.2) is 0 Å². The van der Waals surface area contributed by atoms with Crippen LogP contribution >= 0.6 is 11.8 Å². The molecule has 0 aromatic heterocycles. The summed E-state index contributed by atoms with van der Waals surface area (Å²) in [7, 11) is 0. The van der Waals surface area contributed by atoms with E-state index in [1.54, 1.807) is 11.8 Å². The molecule has 1 aliphatic carbocycles. The fourth-order valence-corrected chi connectivity index (χ4v) is 3.93. The molecule has 0 spiro atoms. The lowest BCUT2D eigenvalue weighted by Gasteiger charge is -2.35. The Morgan fingerprint density at radius 3 is 2.50 bits per heavy atom. The van der Waals surface area contributed by atoms with Crippen molar-refractivity contribution in [2.75, 3.05) is 5.75 Å². The Labute approximate surface area is 137 Å². The maximum absolute atomic E-state index is 12.1. The van der Waals surface area contributed by atoms with Gasteiger partial charge in [0.1, 0.15) is 0 Å². The van der Waals surface area contributed by atoms with E-state index in [0.29, 0.717) is 29.2 Å². The normalized spacial score (nSPS) is 22.0. The van der Waals surface area contributed by atoms with Gasteiger partial charge in [0, 0.05) is 11.8 Å². The van der Waals surface area contributed by atoms with E-state index in [1.165, 1.54) is 19.3 Å². The number of nitrogens with one attached hydrogen (secondary N) is 1. The van der Waals surface area contributed by atoms with E-state index in [1.807, 2.05) is 24.3 Å². The van der Waals surface area contributed by atoms with Gasteiger partial charge in [0.05, 0.1) is 17.4 Å². The van der Waals surface area contributed by atoms with E-state index in [2.05, 4.69) is 25.2 Å². The van der Waals surface area contributed by atoms with Gasteiger partial charge in [-0.3, -0.25) is 4.79 Å².